The average molecular weight is 100 g/mol. The topological polar surface area (TPSA) is 48.2 Å². The van der Waals surface area contributed by atoms with Gasteiger partial charge in [0, 0.05) is 0 Å². The third kappa shape index (κ3) is 0.677. The number of rotatable bonds is 1. The Balaban J connectivity index is 2.76. The van der Waals surface area contributed by atoms with Gasteiger partial charge in [-0.25, -0.2) is 4.63 Å². The van der Waals surface area contributed by atoms with Crippen molar-refractivity contribution >= 4 is 0 Å². The van der Waals surface area contributed by atoms with E-state index < -0.39 is 0 Å². The van der Waals surface area contributed by atoms with Gasteiger partial charge in [-0.3, -0.25) is 0 Å². The van der Waals surface area contributed by atoms with Crippen molar-refractivity contribution in [2.24, 2.45) is 0 Å². The lowest BCUT2D eigenvalue weighted by atomic mass is 10.9. The predicted octanol–water partition coefficient (Wildman–Crippen LogP) is 0.0782. The first-order valence-electron chi connectivity index (χ1n) is 1.75. The molecule has 0 unspecified atom stereocenters. The van der Waals surface area contributed by atoms with Gasteiger partial charge >= 0.3 is 0 Å². The molecule has 1 heterocycles. The molecule has 0 aromatic carbocycles. The molecule has 0 saturated carbocycles. The molecule has 4 nitrogen and oxygen atoms in total. The van der Waals surface area contributed by atoms with Gasteiger partial charge in [-0.2, -0.15) is 0 Å². The molecule has 0 atom stereocenters. The molecule has 4 heteroatoms. The zero-order valence-corrected chi connectivity index (χ0v) is 3.79. The van der Waals surface area contributed by atoms with Crippen molar-refractivity contribution in [2.75, 3.05) is 7.11 Å². The molecule has 0 aliphatic heterocycles. The van der Waals surface area contributed by atoms with Crippen molar-refractivity contribution in [2.45, 2.75) is 0 Å². The average Bonchev–Trinajstić information content (AvgIpc) is 2.14. The molecule has 0 fully saturated rings. The van der Waals surface area contributed by atoms with Crippen molar-refractivity contribution in [3.8, 4) is 5.88 Å². The second kappa shape index (κ2) is 1.59. The highest BCUT2D eigenvalue weighted by Crippen LogP contribution is 1.97. The van der Waals surface area contributed by atoms with Gasteiger partial charge in [0.2, 0.25) is 0 Å². The van der Waals surface area contributed by atoms with E-state index in [1.807, 2.05) is 0 Å². The highest BCUT2D eigenvalue weighted by molar-refractivity contribution is 4.94. The van der Waals surface area contributed by atoms with E-state index in [0.29, 0.717) is 5.88 Å². The van der Waals surface area contributed by atoms with E-state index in [-0.39, 0.29) is 0 Å². The van der Waals surface area contributed by atoms with Gasteiger partial charge < -0.3 is 4.74 Å². The van der Waals surface area contributed by atoms with Crippen molar-refractivity contribution in [1.82, 2.24) is 10.3 Å². The van der Waals surface area contributed by atoms with E-state index in [2.05, 4.69) is 19.7 Å². The van der Waals surface area contributed by atoms with Crippen molar-refractivity contribution < 1.29 is 9.37 Å². The first-order chi connectivity index (χ1) is 3.43. The van der Waals surface area contributed by atoms with Gasteiger partial charge in [0.25, 0.3) is 5.88 Å². The largest absolute Gasteiger partial charge is 0.478 e. The molecule has 0 bridgehead atoms. The lowest BCUT2D eigenvalue weighted by molar-refractivity contribution is 0.281. The van der Waals surface area contributed by atoms with Gasteiger partial charge in [-0.05, 0) is 5.16 Å². The van der Waals surface area contributed by atoms with Crippen LogP contribution in [-0.2, 0) is 0 Å². The zero-order chi connectivity index (χ0) is 5.11. The molecule has 0 radical (unpaired) electrons. The molecule has 1 rings (SSSR count). The summed E-state index contributed by atoms with van der Waals surface area (Å²) in [5, 5.41) is 6.61. The van der Waals surface area contributed by atoms with Crippen LogP contribution in [0.5, 0.6) is 5.88 Å². The van der Waals surface area contributed by atoms with Gasteiger partial charge in [-0.1, -0.05) is 5.16 Å². The minimum Gasteiger partial charge on any atom is -0.478 e. The normalized spacial score (nSPS) is 8.71. The lowest BCUT2D eigenvalue weighted by Crippen LogP contribution is -1.78. The fourth-order valence-corrected chi connectivity index (χ4v) is 0.246. The second-order valence-electron chi connectivity index (χ2n) is 0.950. The SMILES string of the molecule is COc1cnon1. The Bertz CT molecular complexity index is 125. The highest BCUT2D eigenvalue weighted by Gasteiger charge is 1.89. The van der Waals surface area contributed by atoms with Crippen molar-refractivity contribution in [3.05, 3.63) is 6.20 Å². The highest BCUT2D eigenvalue weighted by atomic mass is 16.6. The molecule has 0 saturated heterocycles. The maximum atomic E-state index is 4.59. The maximum Gasteiger partial charge on any atom is 0.275 e. The van der Waals surface area contributed by atoms with E-state index in [4.69, 9.17) is 0 Å². The maximum absolute atomic E-state index is 4.59. The summed E-state index contributed by atoms with van der Waals surface area (Å²) in [4.78, 5) is 0. The molecular weight excluding hydrogens is 96.0 g/mol. The fourth-order valence-electron chi connectivity index (χ4n) is 0.246. The number of methoxy groups -OCH3 is 1. The quantitative estimate of drug-likeness (QED) is 0.501. The third-order valence-electron chi connectivity index (χ3n) is 0.550. The lowest BCUT2D eigenvalue weighted by Gasteiger charge is -1.81. The van der Waals surface area contributed by atoms with Gasteiger partial charge in [-0.15, -0.1) is 0 Å². The van der Waals surface area contributed by atoms with E-state index >= 15 is 0 Å². The summed E-state index contributed by atoms with van der Waals surface area (Å²) < 4.78 is 8.77. The number of nitrogens with zero attached hydrogens (tertiary/aromatic N) is 2. The zero-order valence-electron chi connectivity index (χ0n) is 3.79. The Kier molecular flexibility index (Phi) is 0.934. The van der Waals surface area contributed by atoms with E-state index in [0.717, 1.165) is 0 Å². The van der Waals surface area contributed by atoms with Crippen LogP contribution < -0.4 is 4.74 Å². The summed E-state index contributed by atoms with van der Waals surface area (Å²) in [6.45, 7) is 0. The Morgan fingerprint density at radius 1 is 1.86 bits per heavy atom. The molecule has 1 aromatic rings. The molecule has 7 heavy (non-hydrogen) atoms. The second-order valence-corrected chi connectivity index (χ2v) is 0.950. The first kappa shape index (κ1) is 4.11. The molecule has 1 aromatic heterocycles. The summed E-state index contributed by atoms with van der Waals surface area (Å²) in [5.74, 6) is 0.403. The Hall–Kier alpha value is -1.06. The van der Waals surface area contributed by atoms with Gasteiger partial charge in [0.1, 0.15) is 6.20 Å². The molecule has 0 aliphatic carbocycles. The molecule has 0 aliphatic rings. The molecule has 0 N–H and O–H groups in total. The van der Waals surface area contributed by atoms with E-state index in [9.17, 15) is 0 Å². The van der Waals surface area contributed by atoms with Crippen molar-refractivity contribution in [1.29, 1.82) is 0 Å². The van der Waals surface area contributed by atoms with Crippen LogP contribution in [0.4, 0.5) is 0 Å². The first-order valence-corrected chi connectivity index (χ1v) is 1.75. The van der Waals surface area contributed by atoms with Crippen LogP contribution in [-0.4, -0.2) is 17.4 Å². The smallest absolute Gasteiger partial charge is 0.275 e. The van der Waals surface area contributed by atoms with Crippen LogP contribution in [0.3, 0.4) is 0 Å². The minimum atomic E-state index is 0.403. The molecular formula is C3H4N2O2. The van der Waals surface area contributed by atoms with Crippen molar-refractivity contribution in [3.63, 3.8) is 0 Å². The fraction of sp³-hybridized carbons (Fsp3) is 0.333. The van der Waals surface area contributed by atoms with Gasteiger partial charge in [0.05, 0.1) is 7.11 Å². The standard InChI is InChI=1S/C3H4N2O2/c1-6-3-2-4-7-5-3/h2H,1H3. The summed E-state index contributed by atoms with van der Waals surface area (Å²) >= 11 is 0. The monoisotopic (exact) mass is 100 g/mol. The Morgan fingerprint density at radius 2 is 2.71 bits per heavy atom. The number of hydrogen-bond donors (Lipinski definition) is 0. The summed E-state index contributed by atoms with van der Waals surface area (Å²) in [5.41, 5.74) is 0. The van der Waals surface area contributed by atoms with E-state index in [1.54, 1.807) is 0 Å². The van der Waals surface area contributed by atoms with Crippen LogP contribution in [0.15, 0.2) is 10.8 Å². The van der Waals surface area contributed by atoms with E-state index in [1.165, 1.54) is 13.3 Å². The number of ether oxygens (including phenoxy) is 1. The summed E-state index contributed by atoms with van der Waals surface area (Å²) in [6.07, 6.45) is 1.39. The number of hydrogen-bond acceptors (Lipinski definition) is 4. The number of aromatic nitrogens is 2. The van der Waals surface area contributed by atoms with Gasteiger partial charge in [0.15, 0.2) is 0 Å². The van der Waals surface area contributed by atoms with Crippen LogP contribution in [0, 0.1) is 0 Å². The van der Waals surface area contributed by atoms with Crippen LogP contribution in [0.25, 0.3) is 0 Å². The van der Waals surface area contributed by atoms with Crippen LogP contribution in [0.1, 0.15) is 0 Å². The third-order valence-corrected chi connectivity index (χ3v) is 0.550. The molecule has 0 amide bonds. The minimum absolute atomic E-state index is 0.403. The summed E-state index contributed by atoms with van der Waals surface area (Å²) in [6, 6.07) is 0. The predicted molar refractivity (Wildman–Crippen MR) is 20.8 cm³/mol. The Labute approximate surface area is 40.0 Å². The molecule has 0 spiro atoms. The van der Waals surface area contributed by atoms with Crippen LogP contribution in [0.2, 0.25) is 0 Å². The van der Waals surface area contributed by atoms with Crippen LogP contribution >= 0.6 is 0 Å². The summed E-state index contributed by atoms with van der Waals surface area (Å²) in [7, 11) is 1.50. The molecule has 38 valence electrons. The Morgan fingerprint density at radius 3 is 3.00 bits per heavy atom.